The third-order valence-electron chi connectivity index (χ3n) is 2.37. The van der Waals surface area contributed by atoms with Gasteiger partial charge in [-0.25, -0.2) is 0 Å². The third-order valence-corrected chi connectivity index (χ3v) is 3.74. The number of hydrogen-bond acceptors (Lipinski definition) is 1. The van der Waals surface area contributed by atoms with Crippen LogP contribution in [0.4, 0.5) is 0 Å². The lowest BCUT2D eigenvalue weighted by molar-refractivity contribution is 0.529. The second kappa shape index (κ2) is 1.94. The molecule has 0 aromatic rings. The van der Waals surface area contributed by atoms with Gasteiger partial charge in [-0.1, -0.05) is 0 Å². The first-order valence-electron chi connectivity index (χ1n) is 3.57. The van der Waals surface area contributed by atoms with Crippen molar-refractivity contribution in [2.45, 2.75) is 30.9 Å². The zero-order valence-corrected chi connectivity index (χ0v) is 5.91. The maximum Gasteiger partial charge on any atom is 0.00497 e. The molecule has 0 spiro atoms. The summed E-state index contributed by atoms with van der Waals surface area (Å²) in [6, 6.07) is 0. The molecule has 0 nitrogen and oxygen atoms in total. The monoisotopic (exact) mass is 128 g/mol. The fourth-order valence-corrected chi connectivity index (χ4v) is 3.36. The van der Waals surface area contributed by atoms with Crippen molar-refractivity contribution in [3.05, 3.63) is 0 Å². The average molecular weight is 128 g/mol. The Morgan fingerprint density at radius 1 is 1.12 bits per heavy atom. The molecule has 8 heavy (non-hydrogen) atoms. The molecule has 1 aliphatic carbocycles. The molecule has 0 aromatic carbocycles. The molecule has 2 fully saturated rings. The Balaban J connectivity index is 2.03. The average Bonchev–Trinajstić information content (AvgIpc) is 2.12. The molecular formula is C7H12S. The van der Waals surface area contributed by atoms with E-state index >= 15 is 0 Å². The molecule has 0 aromatic heterocycles. The van der Waals surface area contributed by atoms with Crippen molar-refractivity contribution in [1.29, 1.82) is 0 Å². The number of hydrogen-bond donors (Lipinski definition) is 0. The Morgan fingerprint density at radius 2 is 2.12 bits per heavy atom. The zero-order valence-electron chi connectivity index (χ0n) is 5.10. The van der Waals surface area contributed by atoms with Crippen LogP contribution in [0.1, 0.15) is 25.7 Å². The Kier molecular flexibility index (Phi) is 1.25. The molecule has 0 N–H and O–H groups in total. The van der Waals surface area contributed by atoms with E-state index in [0.29, 0.717) is 0 Å². The van der Waals surface area contributed by atoms with Crippen LogP contribution in [0.5, 0.6) is 0 Å². The van der Waals surface area contributed by atoms with Crippen LogP contribution < -0.4 is 0 Å². The highest BCUT2D eigenvalue weighted by molar-refractivity contribution is 7.99. The quantitative estimate of drug-likeness (QED) is 0.482. The van der Waals surface area contributed by atoms with E-state index in [4.69, 9.17) is 0 Å². The Bertz CT molecular complexity index is 76.4. The normalized spacial score (nSPS) is 45.0. The predicted molar refractivity (Wildman–Crippen MR) is 38.2 cm³/mol. The van der Waals surface area contributed by atoms with Gasteiger partial charge in [-0.05, 0) is 37.4 Å². The van der Waals surface area contributed by atoms with Gasteiger partial charge < -0.3 is 0 Å². The molecular weight excluding hydrogens is 116 g/mol. The lowest BCUT2D eigenvalue weighted by Gasteiger charge is -2.16. The van der Waals surface area contributed by atoms with Gasteiger partial charge >= 0.3 is 0 Å². The van der Waals surface area contributed by atoms with Crippen LogP contribution in [0.2, 0.25) is 0 Å². The second-order valence-electron chi connectivity index (χ2n) is 2.96. The first-order chi connectivity index (χ1) is 3.95. The molecule has 1 aliphatic heterocycles. The van der Waals surface area contributed by atoms with Crippen LogP contribution in [0.25, 0.3) is 0 Å². The topological polar surface area (TPSA) is 0 Å². The summed E-state index contributed by atoms with van der Waals surface area (Å²) in [5, 5.41) is 1.08. The number of rotatable bonds is 0. The first kappa shape index (κ1) is 5.16. The van der Waals surface area contributed by atoms with E-state index < -0.39 is 0 Å². The van der Waals surface area contributed by atoms with Crippen LogP contribution in [0.3, 0.4) is 0 Å². The van der Waals surface area contributed by atoms with Crippen molar-refractivity contribution in [3.8, 4) is 0 Å². The molecule has 1 heterocycles. The molecule has 2 atom stereocenters. The number of fused-ring (bicyclic) bond motifs is 2. The maximum absolute atomic E-state index is 2.20. The van der Waals surface area contributed by atoms with Crippen LogP contribution in [0, 0.1) is 5.92 Å². The highest BCUT2D eigenvalue weighted by atomic mass is 32.2. The fraction of sp³-hybridized carbons (Fsp3) is 1.00. The maximum atomic E-state index is 2.20. The van der Waals surface area contributed by atoms with Crippen molar-refractivity contribution >= 4 is 11.8 Å². The van der Waals surface area contributed by atoms with Crippen molar-refractivity contribution in [2.24, 2.45) is 5.92 Å². The van der Waals surface area contributed by atoms with Crippen LogP contribution in [-0.4, -0.2) is 11.0 Å². The summed E-state index contributed by atoms with van der Waals surface area (Å²) in [5.41, 5.74) is 0. The SMILES string of the molecule is C1CC2CCC(C2)S1. The van der Waals surface area contributed by atoms with Crippen LogP contribution >= 0.6 is 11.8 Å². The van der Waals surface area contributed by atoms with E-state index in [9.17, 15) is 0 Å². The molecule has 46 valence electrons. The second-order valence-corrected chi connectivity index (χ2v) is 4.37. The zero-order chi connectivity index (χ0) is 5.40. The summed E-state index contributed by atoms with van der Waals surface area (Å²) < 4.78 is 0. The highest BCUT2D eigenvalue weighted by Gasteiger charge is 2.28. The van der Waals surface area contributed by atoms with Gasteiger partial charge in [-0.3, -0.25) is 0 Å². The largest absolute Gasteiger partial charge is 0.159 e. The van der Waals surface area contributed by atoms with E-state index in [-0.39, 0.29) is 0 Å². The van der Waals surface area contributed by atoms with E-state index in [1.165, 1.54) is 25.0 Å². The Labute approximate surface area is 55.0 Å². The smallest absolute Gasteiger partial charge is 0.00497 e. The molecule has 1 saturated carbocycles. The minimum absolute atomic E-state index is 1.08. The minimum atomic E-state index is 1.08. The van der Waals surface area contributed by atoms with Crippen molar-refractivity contribution < 1.29 is 0 Å². The molecule has 2 rings (SSSR count). The minimum Gasteiger partial charge on any atom is -0.159 e. The van der Waals surface area contributed by atoms with Gasteiger partial charge in [0.1, 0.15) is 0 Å². The van der Waals surface area contributed by atoms with Crippen molar-refractivity contribution in [3.63, 3.8) is 0 Å². The van der Waals surface area contributed by atoms with Crippen LogP contribution in [0.15, 0.2) is 0 Å². The molecule has 2 unspecified atom stereocenters. The van der Waals surface area contributed by atoms with Crippen molar-refractivity contribution in [1.82, 2.24) is 0 Å². The summed E-state index contributed by atoms with van der Waals surface area (Å²) in [6.07, 6.45) is 6.12. The standard InChI is InChI=1S/C7H12S/c1-2-7-5-6(1)3-4-8-7/h6-7H,1-5H2. The first-order valence-corrected chi connectivity index (χ1v) is 4.61. The van der Waals surface area contributed by atoms with Gasteiger partial charge in [-0.15, -0.1) is 0 Å². The summed E-state index contributed by atoms with van der Waals surface area (Å²) in [6.45, 7) is 0. The van der Waals surface area contributed by atoms with Gasteiger partial charge in [0, 0.05) is 5.25 Å². The third kappa shape index (κ3) is 0.771. The summed E-state index contributed by atoms with van der Waals surface area (Å²) in [4.78, 5) is 0. The lowest BCUT2D eigenvalue weighted by atomic mass is 10.1. The van der Waals surface area contributed by atoms with Crippen LogP contribution in [-0.2, 0) is 0 Å². The predicted octanol–water partition coefficient (Wildman–Crippen LogP) is 2.29. The Morgan fingerprint density at radius 3 is 2.88 bits per heavy atom. The van der Waals surface area contributed by atoms with E-state index in [0.717, 1.165) is 11.2 Å². The highest BCUT2D eigenvalue weighted by Crippen LogP contribution is 2.41. The molecule has 2 aliphatic rings. The van der Waals surface area contributed by atoms with Crippen molar-refractivity contribution in [2.75, 3.05) is 5.75 Å². The lowest BCUT2D eigenvalue weighted by Crippen LogP contribution is -2.06. The van der Waals surface area contributed by atoms with E-state index in [1.54, 1.807) is 6.42 Å². The molecule has 0 radical (unpaired) electrons. The molecule has 1 heteroatoms. The van der Waals surface area contributed by atoms with Gasteiger partial charge in [0.15, 0.2) is 0 Å². The fourth-order valence-electron chi connectivity index (χ4n) is 1.84. The number of thioether (sulfide) groups is 1. The summed E-state index contributed by atoms with van der Waals surface area (Å²) >= 11 is 2.20. The van der Waals surface area contributed by atoms with E-state index in [1.807, 2.05) is 0 Å². The van der Waals surface area contributed by atoms with E-state index in [2.05, 4.69) is 11.8 Å². The van der Waals surface area contributed by atoms with Gasteiger partial charge in [0.25, 0.3) is 0 Å². The summed E-state index contributed by atoms with van der Waals surface area (Å²) in [7, 11) is 0. The molecule has 2 bridgehead atoms. The van der Waals surface area contributed by atoms with Gasteiger partial charge in [0.2, 0.25) is 0 Å². The summed E-state index contributed by atoms with van der Waals surface area (Å²) in [5.74, 6) is 2.59. The van der Waals surface area contributed by atoms with Gasteiger partial charge in [-0.2, -0.15) is 11.8 Å². The molecule has 0 amide bonds. The van der Waals surface area contributed by atoms with Gasteiger partial charge in [0.05, 0.1) is 0 Å². The Hall–Kier alpha value is 0.350. The molecule has 1 saturated heterocycles.